The van der Waals surface area contributed by atoms with Crippen molar-refractivity contribution in [1.82, 2.24) is 0 Å². The first-order chi connectivity index (χ1) is 8.35. The lowest BCUT2D eigenvalue weighted by atomic mass is 10.2. The van der Waals surface area contributed by atoms with Crippen LogP contribution in [0.4, 0.5) is 0 Å². The maximum atomic E-state index is 9.17. The highest BCUT2D eigenvalue weighted by atomic mass is 16.5. The quantitative estimate of drug-likeness (QED) is 0.508. The zero-order valence-electron chi connectivity index (χ0n) is 11.6. The summed E-state index contributed by atoms with van der Waals surface area (Å²) in [7, 11) is 0. The second kappa shape index (κ2) is 13.9. The fraction of sp³-hybridized carbons (Fsp3) is 1.00. The van der Waals surface area contributed by atoms with Crippen molar-refractivity contribution in [3.8, 4) is 0 Å². The molecule has 0 aromatic rings. The molecule has 0 aromatic carbocycles. The summed E-state index contributed by atoms with van der Waals surface area (Å²) >= 11 is 0. The number of aliphatic hydroxyl groups is 1. The van der Waals surface area contributed by atoms with Crippen molar-refractivity contribution in [2.45, 2.75) is 52.4 Å². The van der Waals surface area contributed by atoms with Crippen LogP contribution in [-0.4, -0.2) is 38.1 Å². The molecular weight excluding hydrogens is 216 g/mol. The van der Waals surface area contributed by atoms with Crippen LogP contribution in [0.5, 0.6) is 0 Å². The van der Waals surface area contributed by atoms with Crippen LogP contribution in [0.15, 0.2) is 0 Å². The Bertz CT molecular complexity index is 125. The Labute approximate surface area is 107 Å². The molecule has 0 heterocycles. The predicted molar refractivity (Wildman–Crippen MR) is 71.3 cm³/mol. The normalized spacial score (nSPS) is 11.3. The Morgan fingerprint density at radius 3 is 1.65 bits per heavy atom. The van der Waals surface area contributed by atoms with Crippen molar-refractivity contribution in [3.05, 3.63) is 0 Å². The summed E-state index contributed by atoms with van der Waals surface area (Å²) in [5, 5.41) is 9.17. The van der Waals surface area contributed by atoms with Crippen LogP contribution in [0.2, 0.25) is 0 Å². The molecular formula is C14H30O3. The van der Waals surface area contributed by atoms with E-state index in [4.69, 9.17) is 9.47 Å². The highest BCUT2D eigenvalue weighted by molar-refractivity contribution is 4.55. The maximum Gasteiger partial charge on any atom is 0.0538 e. The van der Waals surface area contributed by atoms with Crippen LogP contribution >= 0.6 is 0 Å². The van der Waals surface area contributed by atoms with E-state index in [0.29, 0.717) is 13.2 Å². The Morgan fingerprint density at radius 1 is 0.824 bits per heavy atom. The molecule has 3 heteroatoms. The van der Waals surface area contributed by atoms with Gasteiger partial charge >= 0.3 is 0 Å². The number of rotatable bonds is 13. The average Bonchev–Trinajstić information content (AvgIpc) is 2.36. The highest BCUT2D eigenvalue weighted by Gasteiger charge is 2.07. The molecule has 3 nitrogen and oxygen atoms in total. The monoisotopic (exact) mass is 246 g/mol. The molecule has 0 atom stereocenters. The van der Waals surface area contributed by atoms with Crippen LogP contribution in [0.3, 0.4) is 0 Å². The first kappa shape index (κ1) is 16.9. The van der Waals surface area contributed by atoms with Crippen molar-refractivity contribution in [2.75, 3.05) is 33.0 Å². The van der Waals surface area contributed by atoms with E-state index in [-0.39, 0.29) is 12.5 Å². The molecule has 1 N–H and O–H groups in total. The zero-order chi connectivity index (χ0) is 12.8. The van der Waals surface area contributed by atoms with E-state index in [2.05, 4.69) is 13.8 Å². The largest absolute Gasteiger partial charge is 0.396 e. The fourth-order valence-electron chi connectivity index (χ4n) is 1.56. The summed E-state index contributed by atoms with van der Waals surface area (Å²) in [5.74, 6) is 0.137. The molecule has 0 saturated heterocycles. The minimum Gasteiger partial charge on any atom is -0.396 e. The Kier molecular flexibility index (Phi) is 13.8. The number of hydrogen-bond donors (Lipinski definition) is 1. The van der Waals surface area contributed by atoms with Crippen molar-refractivity contribution in [1.29, 1.82) is 0 Å². The second-order valence-electron chi connectivity index (χ2n) is 4.61. The summed E-state index contributed by atoms with van der Waals surface area (Å²) < 4.78 is 11.1. The molecule has 0 unspecified atom stereocenters. The van der Waals surface area contributed by atoms with Crippen LogP contribution in [0, 0.1) is 5.92 Å². The third-order valence-electron chi connectivity index (χ3n) is 2.75. The predicted octanol–water partition coefficient (Wildman–Crippen LogP) is 3.01. The smallest absolute Gasteiger partial charge is 0.0538 e. The third-order valence-corrected chi connectivity index (χ3v) is 2.75. The van der Waals surface area contributed by atoms with E-state index in [9.17, 15) is 5.11 Å². The Balaban J connectivity index is 3.30. The van der Waals surface area contributed by atoms with Gasteiger partial charge < -0.3 is 14.6 Å². The minimum atomic E-state index is 0.137. The molecule has 0 saturated carbocycles. The van der Waals surface area contributed by atoms with Gasteiger partial charge in [-0.25, -0.2) is 0 Å². The average molecular weight is 246 g/mol. The number of hydrogen-bond acceptors (Lipinski definition) is 3. The van der Waals surface area contributed by atoms with Gasteiger partial charge in [-0.15, -0.1) is 0 Å². The topological polar surface area (TPSA) is 38.7 Å². The van der Waals surface area contributed by atoms with E-state index in [1.807, 2.05) is 0 Å². The van der Waals surface area contributed by atoms with Gasteiger partial charge in [-0.2, -0.15) is 0 Å². The van der Waals surface area contributed by atoms with Gasteiger partial charge in [-0.05, 0) is 12.8 Å². The summed E-state index contributed by atoms with van der Waals surface area (Å²) in [6.45, 7) is 7.37. The molecule has 0 rings (SSSR count). The summed E-state index contributed by atoms with van der Waals surface area (Å²) in [6, 6.07) is 0. The molecule has 0 spiro atoms. The Hall–Kier alpha value is -0.120. The molecule has 0 aliphatic heterocycles. The van der Waals surface area contributed by atoms with Crippen LogP contribution in [-0.2, 0) is 9.47 Å². The number of aliphatic hydroxyl groups excluding tert-OH is 1. The second-order valence-corrected chi connectivity index (χ2v) is 4.61. The van der Waals surface area contributed by atoms with E-state index < -0.39 is 0 Å². The van der Waals surface area contributed by atoms with Gasteiger partial charge in [0, 0.05) is 19.1 Å². The van der Waals surface area contributed by atoms with Gasteiger partial charge in [0.2, 0.25) is 0 Å². The third kappa shape index (κ3) is 12.1. The van der Waals surface area contributed by atoms with Gasteiger partial charge in [0.1, 0.15) is 0 Å². The van der Waals surface area contributed by atoms with Crippen molar-refractivity contribution < 1.29 is 14.6 Å². The van der Waals surface area contributed by atoms with Crippen molar-refractivity contribution in [3.63, 3.8) is 0 Å². The molecule has 0 radical (unpaired) electrons. The standard InChI is InChI=1S/C14H30O3/c1-3-5-7-9-16-12-14(11-15)13-17-10-8-6-4-2/h14-15H,3-13H2,1-2H3. The molecule has 0 aliphatic carbocycles. The van der Waals surface area contributed by atoms with Crippen LogP contribution in [0.1, 0.15) is 52.4 Å². The van der Waals surface area contributed by atoms with Crippen molar-refractivity contribution >= 4 is 0 Å². The molecule has 17 heavy (non-hydrogen) atoms. The fourth-order valence-corrected chi connectivity index (χ4v) is 1.56. The maximum absolute atomic E-state index is 9.17. The SMILES string of the molecule is CCCCCOCC(CO)COCCCCC. The summed E-state index contributed by atoms with van der Waals surface area (Å²) in [5.41, 5.74) is 0. The minimum absolute atomic E-state index is 0.137. The van der Waals surface area contributed by atoms with Crippen LogP contribution in [0.25, 0.3) is 0 Å². The Morgan fingerprint density at radius 2 is 1.29 bits per heavy atom. The lowest BCUT2D eigenvalue weighted by molar-refractivity contribution is 0.0143. The van der Waals surface area contributed by atoms with Gasteiger partial charge in [0.15, 0.2) is 0 Å². The molecule has 104 valence electrons. The van der Waals surface area contributed by atoms with Gasteiger partial charge in [-0.1, -0.05) is 39.5 Å². The van der Waals surface area contributed by atoms with Crippen molar-refractivity contribution in [2.24, 2.45) is 5.92 Å². The van der Waals surface area contributed by atoms with E-state index in [0.717, 1.165) is 26.1 Å². The van der Waals surface area contributed by atoms with E-state index >= 15 is 0 Å². The zero-order valence-corrected chi connectivity index (χ0v) is 11.6. The highest BCUT2D eigenvalue weighted by Crippen LogP contribution is 2.02. The van der Waals surface area contributed by atoms with Gasteiger partial charge in [0.25, 0.3) is 0 Å². The summed E-state index contributed by atoms with van der Waals surface area (Å²) in [6.07, 6.45) is 7.10. The number of unbranched alkanes of at least 4 members (excludes halogenated alkanes) is 4. The molecule has 0 aliphatic rings. The van der Waals surface area contributed by atoms with E-state index in [1.54, 1.807) is 0 Å². The van der Waals surface area contributed by atoms with E-state index in [1.165, 1.54) is 25.7 Å². The molecule has 0 fully saturated rings. The van der Waals surface area contributed by atoms with Gasteiger partial charge in [0.05, 0.1) is 19.8 Å². The van der Waals surface area contributed by atoms with Crippen LogP contribution < -0.4 is 0 Å². The first-order valence-electron chi connectivity index (χ1n) is 7.11. The van der Waals surface area contributed by atoms with Gasteiger partial charge in [-0.3, -0.25) is 0 Å². The molecule has 0 amide bonds. The number of ether oxygens (including phenoxy) is 2. The molecule has 0 aromatic heterocycles. The lowest BCUT2D eigenvalue weighted by Gasteiger charge is -2.14. The molecule has 0 bridgehead atoms. The lowest BCUT2D eigenvalue weighted by Crippen LogP contribution is -2.20. The summed E-state index contributed by atoms with van der Waals surface area (Å²) in [4.78, 5) is 0. The first-order valence-corrected chi connectivity index (χ1v) is 7.11.